The van der Waals surface area contributed by atoms with Crippen molar-refractivity contribution in [1.29, 1.82) is 0 Å². The van der Waals surface area contributed by atoms with Crippen LogP contribution in [0.5, 0.6) is 0 Å². The van der Waals surface area contributed by atoms with Gasteiger partial charge in [-0.3, -0.25) is 4.79 Å². The van der Waals surface area contributed by atoms with Crippen molar-refractivity contribution < 1.29 is 13.6 Å². The fourth-order valence-corrected chi connectivity index (χ4v) is 2.73. The van der Waals surface area contributed by atoms with E-state index in [1.165, 1.54) is 6.07 Å². The van der Waals surface area contributed by atoms with E-state index < -0.39 is 28.4 Å². The van der Waals surface area contributed by atoms with Crippen molar-refractivity contribution >= 4 is 5.78 Å². The molecule has 0 bridgehead atoms. The van der Waals surface area contributed by atoms with Crippen LogP contribution in [0.15, 0.2) is 18.2 Å². The van der Waals surface area contributed by atoms with E-state index in [0.29, 0.717) is 12.8 Å². The standard InChI is InChI=1S/C14H17F2NO/c15-10-5-4-6-11(16)12(10)13(18)14(9-17)7-2-1-3-8-14/h4-6H,1-3,7-9,17H2. The predicted molar refractivity (Wildman–Crippen MR) is 65.3 cm³/mol. The van der Waals surface area contributed by atoms with Crippen molar-refractivity contribution in [2.45, 2.75) is 32.1 Å². The molecule has 0 spiro atoms. The third-order valence-electron chi connectivity index (χ3n) is 3.87. The lowest BCUT2D eigenvalue weighted by Crippen LogP contribution is -2.41. The highest BCUT2D eigenvalue weighted by molar-refractivity contribution is 6.01. The smallest absolute Gasteiger partial charge is 0.176 e. The average molecular weight is 253 g/mol. The summed E-state index contributed by atoms with van der Waals surface area (Å²) in [6.45, 7) is 0.152. The van der Waals surface area contributed by atoms with Crippen molar-refractivity contribution in [3.05, 3.63) is 35.4 Å². The van der Waals surface area contributed by atoms with Gasteiger partial charge in [-0.1, -0.05) is 25.3 Å². The molecule has 0 saturated heterocycles. The number of carbonyl (C=O) groups excluding carboxylic acids is 1. The molecule has 2 nitrogen and oxygen atoms in total. The van der Waals surface area contributed by atoms with Crippen LogP contribution in [0, 0.1) is 17.0 Å². The second-order valence-corrected chi connectivity index (χ2v) is 4.97. The Balaban J connectivity index is 2.40. The molecule has 2 rings (SSSR count). The Hall–Kier alpha value is -1.29. The summed E-state index contributed by atoms with van der Waals surface area (Å²) in [6.07, 6.45) is 4.07. The molecule has 0 heterocycles. The van der Waals surface area contributed by atoms with Gasteiger partial charge in [0.2, 0.25) is 0 Å². The number of Topliss-reactive ketones (excluding diaryl/α,β-unsaturated/α-hetero) is 1. The van der Waals surface area contributed by atoms with Crippen molar-refractivity contribution in [1.82, 2.24) is 0 Å². The summed E-state index contributed by atoms with van der Waals surface area (Å²) in [4.78, 5) is 12.4. The predicted octanol–water partition coefficient (Wildman–Crippen LogP) is 3.06. The summed E-state index contributed by atoms with van der Waals surface area (Å²) in [6, 6.07) is 3.49. The molecule has 1 saturated carbocycles. The molecule has 4 heteroatoms. The first-order valence-corrected chi connectivity index (χ1v) is 6.30. The third-order valence-corrected chi connectivity index (χ3v) is 3.87. The Morgan fingerprint density at radius 2 is 1.72 bits per heavy atom. The highest BCUT2D eigenvalue weighted by atomic mass is 19.1. The van der Waals surface area contributed by atoms with Gasteiger partial charge in [0.05, 0.1) is 5.56 Å². The molecule has 98 valence electrons. The zero-order chi connectivity index (χ0) is 13.2. The molecule has 0 aromatic heterocycles. The van der Waals surface area contributed by atoms with Crippen LogP contribution < -0.4 is 5.73 Å². The van der Waals surface area contributed by atoms with Gasteiger partial charge in [0, 0.05) is 12.0 Å². The van der Waals surface area contributed by atoms with Crippen LogP contribution in [0.25, 0.3) is 0 Å². The molecule has 1 aromatic rings. The van der Waals surface area contributed by atoms with Gasteiger partial charge in [0.15, 0.2) is 5.78 Å². The maximum atomic E-state index is 13.7. The van der Waals surface area contributed by atoms with E-state index >= 15 is 0 Å². The van der Waals surface area contributed by atoms with Crippen LogP contribution in [0.3, 0.4) is 0 Å². The zero-order valence-corrected chi connectivity index (χ0v) is 10.2. The molecule has 1 aromatic carbocycles. The average Bonchev–Trinajstić information content (AvgIpc) is 2.39. The quantitative estimate of drug-likeness (QED) is 0.841. The van der Waals surface area contributed by atoms with Crippen molar-refractivity contribution in [2.24, 2.45) is 11.1 Å². The number of hydrogen-bond acceptors (Lipinski definition) is 2. The number of nitrogens with two attached hydrogens (primary N) is 1. The van der Waals surface area contributed by atoms with E-state index in [9.17, 15) is 13.6 Å². The minimum absolute atomic E-state index is 0.152. The summed E-state index contributed by atoms with van der Waals surface area (Å²) in [5.74, 6) is -2.06. The lowest BCUT2D eigenvalue weighted by atomic mass is 9.69. The number of hydrogen-bond donors (Lipinski definition) is 1. The molecule has 2 N–H and O–H groups in total. The molecule has 1 aliphatic carbocycles. The lowest BCUT2D eigenvalue weighted by molar-refractivity contribution is 0.0720. The van der Waals surface area contributed by atoms with E-state index in [1.54, 1.807) is 0 Å². The molecule has 0 aliphatic heterocycles. The summed E-state index contributed by atoms with van der Waals surface area (Å²) in [5.41, 5.74) is 4.51. The van der Waals surface area contributed by atoms with Crippen molar-refractivity contribution in [3.8, 4) is 0 Å². The maximum absolute atomic E-state index is 13.7. The fraction of sp³-hybridized carbons (Fsp3) is 0.500. The van der Waals surface area contributed by atoms with E-state index in [0.717, 1.165) is 31.4 Å². The van der Waals surface area contributed by atoms with Gasteiger partial charge in [-0.05, 0) is 25.0 Å². The van der Waals surface area contributed by atoms with Crippen LogP contribution in [0.2, 0.25) is 0 Å². The van der Waals surface area contributed by atoms with Gasteiger partial charge in [-0.25, -0.2) is 8.78 Å². The first kappa shape index (κ1) is 13.1. The van der Waals surface area contributed by atoms with Crippen LogP contribution in [0.1, 0.15) is 42.5 Å². The number of rotatable bonds is 3. The summed E-state index contributed by atoms with van der Waals surface area (Å²) >= 11 is 0. The third kappa shape index (κ3) is 2.17. The van der Waals surface area contributed by atoms with Gasteiger partial charge in [-0.2, -0.15) is 0 Å². The Morgan fingerprint density at radius 1 is 1.17 bits per heavy atom. The minimum atomic E-state index is -0.793. The van der Waals surface area contributed by atoms with Gasteiger partial charge in [0.1, 0.15) is 11.6 Å². The van der Waals surface area contributed by atoms with E-state index in [4.69, 9.17) is 5.73 Å². The molecular weight excluding hydrogens is 236 g/mol. The van der Waals surface area contributed by atoms with Gasteiger partial charge in [-0.15, -0.1) is 0 Å². The monoisotopic (exact) mass is 253 g/mol. The molecule has 0 atom stereocenters. The van der Waals surface area contributed by atoms with Crippen LogP contribution in [0.4, 0.5) is 8.78 Å². The highest BCUT2D eigenvalue weighted by Crippen LogP contribution is 2.39. The molecular formula is C14H17F2NO. The summed E-state index contributed by atoms with van der Waals surface area (Å²) < 4.78 is 27.3. The summed E-state index contributed by atoms with van der Waals surface area (Å²) in [5, 5.41) is 0. The topological polar surface area (TPSA) is 43.1 Å². The van der Waals surface area contributed by atoms with Crippen LogP contribution in [-0.2, 0) is 0 Å². The Bertz CT molecular complexity index is 433. The van der Waals surface area contributed by atoms with E-state index in [2.05, 4.69) is 0 Å². The maximum Gasteiger partial charge on any atom is 0.176 e. The fourth-order valence-electron chi connectivity index (χ4n) is 2.73. The van der Waals surface area contributed by atoms with Gasteiger partial charge in [0.25, 0.3) is 0 Å². The molecule has 1 fully saturated rings. The lowest BCUT2D eigenvalue weighted by Gasteiger charge is -2.34. The highest BCUT2D eigenvalue weighted by Gasteiger charge is 2.40. The first-order chi connectivity index (χ1) is 8.60. The molecule has 18 heavy (non-hydrogen) atoms. The second-order valence-electron chi connectivity index (χ2n) is 4.97. The largest absolute Gasteiger partial charge is 0.329 e. The Kier molecular flexibility index (Phi) is 3.76. The molecule has 0 unspecified atom stereocenters. The van der Waals surface area contributed by atoms with Crippen molar-refractivity contribution in [3.63, 3.8) is 0 Å². The Morgan fingerprint density at radius 3 is 2.22 bits per heavy atom. The Labute approximate surface area is 105 Å². The number of carbonyl (C=O) groups is 1. The van der Waals surface area contributed by atoms with Gasteiger partial charge < -0.3 is 5.73 Å². The number of ketones is 1. The second kappa shape index (κ2) is 5.14. The van der Waals surface area contributed by atoms with E-state index in [-0.39, 0.29) is 6.54 Å². The molecule has 1 aliphatic rings. The SMILES string of the molecule is NCC1(C(=O)c2c(F)cccc2F)CCCCC1. The van der Waals surface area contributed by atoms with Crippen molar-refractivity contribution in [2.75, 3.05) is 6.54 Å². The number of halogens is 2. The van der Waals surface area contributed by atoms with Crippen LogP contribution >= 0.6 is 0 Å². The molecule has 0 amide bonds. The summed E-state index contributed by atoms with van der Waals surface area (Å²) in [7, 11) is 0. The molecule has 0 radical (unpaired) electrons. The van der Waals surface area contributed by atoms with E-state index in [1.807, 2.05) is 0 Å². The minimum Gasteiger partial charge on any atom is -0.329 e. The first-order valence-electron chi connectivity index (χ1n) is 6.30. The van der Waals surface area contributed by atoms with Crippen LogP contribution in [-0.4, -0.2) is 12.3 Å². The van der Waals surface area contributed by atoms with Gasteiger partial charge >= 0.3 is 0 Å². The zero-order valence-electron chi connectivity index (χ0n) is 10.2. The number of benzene rings is 1. The normalized spacial score (nSPS) is 18.6.